The normalized spacial score (nSPS) is 11.3. The molecule has 2 aromatic carbocycles. The molecule has 3 nitrogen and oxygen atoms in total. The van der Waals surface area contributed by atoms with E-state index in [0.29, 0.717) is 10.8 Å². The van der Waals surface area contributed by atoms with Gasteiger partial charge in [0.1, 0.15) is 5.82 Å². The average Bonchev–Trinajstić information content (AvgIpc) is 2.69. The molecule has 0 bridgehead atoms. The molecule has 0 aliphatic carbocycles. The Morgan fingerprint density at radius 3 is 2.23 bits per heavy atom. The zero-order valence-corrected chi connectivity index (χ0v) is 20.0. The summed E-state index contributed by atoms with van der Waals surface area (Å²) in [4.78, 5) is 9.23. The molecule has 0 spiro atoms. The quantitative estimate of drug-likeness (QED) is 0.489. The number of aryl methyl sites for hydroxylation is 3. The lowest BCUT2D eigenvalue weighted by Gasteiger charge is -2.23. The highest BCUT2D eigenvalue weighted by molar-refractivity contribution is 6.38. The standard InChI is InChI=1S/C26H31ClN2O/c1-9-19-21(12-30)23-17(7)28-18(8)29-26(23)25(27)24(19)20-11-10-14(4)16(6)22(20)15(5)13(2)3/h10-11,30H,9,12H2,1-8H3. The van der Waals surface area contributed by atoms with Gasteiger partial charge in [-0.1, -0.05) is 36.2 Å². The van der Waals surface area contributed by atoms with Crippen molar-refractivity contribution in [1.82, 2.24) is 9.97 Å². The Balaban J connectivity index is 2.60. The molecule has 158 valence electrons. The van der Waals surface area contributed by atoms with E-state index >= 15 is 0 Å². The third-order valence-corrected chi connectivity index (χ3v) is 6.61. The lowest BCUT2D eigenvalue weighted by atomic mass is 9.83. The van der Waals surface area contributed by atoms with Gasteiger partial charge < -0.3 is 5.11 Å². The van der Waals surface area contributed by atoms with E-state index in [9.17, 15) is 5.11 Å². The van der Waals surface area contributed by atoms with Crippen molar-refractivity contribution in [2.75, 3.05) is 0 Å². The van der Waals surface area contributed by atoms with Crippen LogP contribution in [-0.4, -0.2) is 15.1 Å². The van der Waals surface area contributed by atoms with Crippen LogP contribution in [0.2, 0.25) is 5.02 Å². The van der Waals surface area contributed by atoms with Gasteiger partial charge in [-0.2, -0.15) is 0 Å². The molecule has 0 aliphatic heterocycles. The van der Waals surface area contributed by atoms with Crippen LogP contribution in [0, 0.1) is 27.7 Å². The van der Waals surface area contributed by atoms with Gasteiger partial charge in [0.2, 0.25) is 0 Å². The zero-order valence-electron chi connectivity index (χ0n) is 19.3. The average molecular weight is 423 g/mol. The van der Waals surface area contributed by atoms with E-state index in [4.69, 9.17) is 11.6 Å². The van der Waals surface area contributed by atoms with Crippen LogP contribution in [0.15, 0.2) is 17.7 Å². The second-order valence-corrected chi connectivity index (χ2v) is 8.67. The van der Waals surface area contributed by atoms with Gasteiger partial charge >= 0.3 is 0 Å². The first-order chi connectivity index (χ1) is 14.1. The summed E-state index contributed by atoms with van der Waals surface area (Å²) >= 11 is 7.09. The SMILES string of the molecule is CCc1c(-c2ccc(C)c(C)c2C(C)=C(C)C)c(Cl)c2nc(C)nc(C)c2c1CO. The smallest absolute Gasteiger partial charge is 0.126 e. The topological polar surface area (TPSA) is 46.0 Å². The molecule has 0 aliphatic rings. The van der Waals surface area contributed by atoms with Gasteiger partial charge in [-0.15, -0.1) is 0 Å². The highest BCUT2D eigenvalue weighted by Gasteiger charge is 2.24. The fraction of sp³-hybridized carbons (Fsp3) is 0.385. The van der Waals surface area contributed by atoms with E-state index in [1.165, 1.54) is 27.8 Å². The first-order valence-corrected chi connectivity index (χ1v) is 10.9. The second kappa shape index (κ2) is 8.49. The van der Waals surface area contributed by atoms with Crippen molar-refractivity contribution in [2.45, 2.75) is 68.4 Å². The van der Waals surface area contributed by atoms with Crippen LogP contribution in [0.25, 0.3) is 27.6 Å². The lowest BCUT2D eigenvalue weighted by Crippen LogP contribution is -2.06. The molecule has 3 rings (SSSR count). The fourth-order valence-electron chi connectivity index (χ4n) is 4.39. The number of rotatable bonds is 4. The van der Waals surface area contributed by atoms with Crippen molar-refractivity contribution in [1.29, 1.82) is 0 Å². The van der Waals surface area contributed by atoms with Crippen LogP contribution in [0.4, 0.5) is 0 Å². The van der Waals surface area contributed by atoms with Crippen LogP contribution in [0.5, 0.6) is 0 Å². The number of hydrogen-bond donors (Lipinski definition) is 1. The molecule has 1 N–H and O–H groups in total. The maximum absolute atomic E-state index is 10.4. The van der Waals surface area contributed by atoms with E-state index in [0.717, 1.165) is 45.3 Å². The highest BCUT2D eigenvalue weighted by atomic mass is 35.5. The molecule has 1 heterocycles. The first-order valence-electron chi connectivity index (χ1n) is 10.5. The Kier molecular flexibility index (Phi) is 6.35. The van der Waals surface area contributed by atoms with E-state index in [1.807, 2.05) is 13.8 Å². The number of allylic oxidation sites excluding steroid dienone is 2. The van der Waals surface area contributed by atoms with Crippen LogP contribution in [0.1, 0.15) is 67.0 Å². The molecule has 4 heteroatoms. The van der Waals surface area contributed by atoms with Gasteiger partial charge in [0.25, 0.3) is 0 Å². The molecule has 0 radical (unpaired) electrons. The summed E-state index contributed by atoms with van der Waals surface area (Å²) in [7, 11) is 0. The van der Waals surface area contributed by atoms with E-state index in [-0.39, 0.29) is 6.61 Å². The van der Waals surface area contributed by atoms with E-state index in [1.54, 1.807) is 0 Å². The lowest BCUT2D eigenvalue weighted by molar-refractivity contribution is 0.282. The molecule has 0 saturated carbocycles. The number of hydrogen-bond acceptors (Lipinski definition) is 3. The van der Waals surface area contributed by atoms with Gasteiger partial charge in [0, 0.05) is 16.6 Å². The van der Waals surface area contributed by atoms with E-state index in [2.05, 4.69) is 63.6 Å². The summed E-state index contributed by atoms with van der Waals surface area (Å²) in [6.07, 6.45) is 0.758. The van der Waals surface area contributed by atoms with Crippen molar-refractivity contribution in [3.8, 4) is 11.1 Å². The minimum absolute atomic E-state index is 0.0705. The summed E-state index contributed by atoms with van der Waals surface area (Å²) in [5, 5.41) is 11.9. The molecule has 3 aromatic rings. The molecule has 0 atom stereocenters. The van der Waals surface area contributed by atoms with Gasteiger partial charge in [0.05, 0.1) is 17.1 Å². The minimum Gasteiger partial charge on any atom is -0.392 e. The number of nitrogens with zero attached hydrogens (tertiary/aromatic N) is 2. The Morgan fingerprint density at radius 2 is 1.67 bits per heavy atom. The zero-order chi connectivity index (χ0) is 22.3. The molecule has 1 aromatic heterocycles. The van der Waals surface area contributed by atoms with Gasteiger partial charge in [-0.05, 0) is 93.8 Å². The maximum atomic E-state index is 10.4. The molecule has 0 unspecified atom stereocenters. The van der Waals surface area contributed by atoms with Crippen LogP contribution >= 0.6 is 11.6 Å². The number of aromatic nitrogens is 2. The molecule has 0 fully saturated rings. The molecular weight excluding hydrogens is 392 g/mol. The number of aliphatic hydroxyl groups is 1. The fourth-order valence-corrected chi connectivity index (χ4v) is 4.74. The Morgan fingerprint density at radius 1 is 1.00 bits per heavy atom. The monoisotopic (exact) mass is 422 g/mol. The van der Waals surface area contributed by atoms with Crippen molar-refractivity contribution in [2.24, 2.45) is 0 Å². The van der Waals surface area contributed by atoms with Crippen LogP contribution < -0.4 is 0 Å². The Labute approximate surface area is 184 Å². The first kappa shape index (κ1) is 22.5. The van der Waals surface area contributed by atoms with Gasteiger partial charge in [0.15, 0.2) is 0 Å². The van der Waals surface area contributed by atoms with Crippen molar-refractivity contribution >= 4 is 28.1 Å². The Bertz CT molecular complexity index is 1190. The predicted octanol–water partition coefficient (Wildman–Crippen LogP) is 7.05. The Hall–Kier alpha value is -2.23. The highest BCUT2D eigenvalue weighted by Crippen LogP contribution is 2.44. The number of benzene rings is 2. The number of fused-ring (bicyclic) bond motifs is 1. The van der Waals surface area contributed by atoms with Crippen LogP contribution in [0.3, 0.4) is 0 Å². The minimum atomic E-state index is -0.0705. The summed E-state index contributed by atoms with van der Waals surface area (Å²) in [5.41, 5.74) is 11.8. The maximum Gasteiger partial charge on any atom is 0.126 e. The summed E-state index contributed by atoms with van der Waals surface area (Å²) in [6, 6.07) is 4.32. The molecule has 0 saturated heterocycles. The summed E-state index contributed by atoms with van der Waals surface area (Å²) < 4.78 is 0. The molecular formula is C26H31ClN2O. The number of halogens is 1. The largest absolute Gasteiger partial charge is 0.392 e. The second-order valence-electron chi connectivity index (χ2n) is 8.29. The van der Waals surface area contributed by atoms with Gasteiger partial charge in [-0.25, -0.2) is 9.97 Å². The van der Waals surface area contributed by atoms with E-state index < -0.39 is 0 Å². The predicted molar refractivity (Wildman–Crippen MR) is 128 cm³/mol. The molecule has 30 heavy (non-hydrogen) atoms. The van der Waals surface area contributed by atoms with Gasteiger partial charge in [-0.3, -0.25) is 0 Å². The van der Waals surface area contributed by atoms with Crippen LogP contribution in [-0.2, 0) is 13.0 Å². The van der Waals surface area contributed by atoms with Crippen molar-refractivity contribution < 1.29 is 5.11 Å². The third-order valence-electron chi connectivity index (χ3n) is 6.24. The third kappa shape index (κ3) is 3.55. The summed E-state index contributed by atoms with van der Waals surface area (Å²) in [5.74, 6) is 0.682. The molecule has 0 amide bonds. The van der Waals surface area contributed by atoms with Crippen molar-refractivity contribution in [3.63, 3.8) is 0 Å². The summed E-state index contributed by atoms with van der Waals surface area (Å²) in [6.45, 7) is 16.6. The van der Waals surface area contributed by atoms with Crippen molar-refractivity contribution in [3.05, 3.63) is 62.1 Å². The number of aliphatic hydroxyl groups excluding tert-OH is 1.